The number of morpholine rings is 1. The fourth-order valence-corrected chi connectivity index (χ4v) is 4.93. The number of nitrogens with zero attached hydrogens (tertiary/aromatic N) is 5. The molecular weight excluding hydrogens is 434 g/mol. The van der Waals surface area contributed by atoms with Crippen LogP contribution in [0.4, 0.5) is 17.6 Å². The monoisotopic (exact) mass is 467 g/mol. The molecule has 0 aliphatic carbocycles. The van der Waals surface area contributed by atoms with Gasteiger partial charge in [0.05, 0.1) is 13.2 Å². The molecule has 3 aliphatic heterocycles. The summed E-state index contributed by atoms with van der Waals surface area (Å²) in [5, 5.41) is 7.12. The van der Waals surface area contributed by atoms with Crippen LogP contribution in [0.15, 0.2) is 30.3 Å². The lowest BCUT2D eigenvalue weighted by Gasteiger charge is -2.31. The summed E-state index contributed by atoms with van der Waals surface area (Å²) in [6.07, 6.45) is 3.45. The Labute approximate surface area is 201 Å². The molecule has 0 radical (unpaired) electrons. The molecule has 0 unspecified atom stereocenters. The van der Waals surface area contributed by atoms with Crippen LogP contribution in [0.1, 0.15) is 24.0 Å². The molecule has 1 aromatic heterocycles. The minimum Gasteiger partial charge on any atom is -0.379 e. The maximum atomic E-state index is 5.56. The van der Waals surface area contributed by atoms with Crippen LogP contribution in [0.5, 0.6) is 0 Å². The van der Waals surface area contributed by atoms with Gasteiger partial charge in [-0.25, -0.2) is 0 Å². The van der Waals surface area contributed by atoms with E-state index >= 15 is 0 Å². The van der Waals surface area contributed by atoms with Gasteiger partial charge in [0.25, 0.3) is 0 Å². The van der Waals surface area contributed by atoms with Crippen molar-refractivity contribution in [3.8, 4) is 0 Å². The summed E-state index contributed by atoms with van der Waals surface area (Å²) in [5.41, 5.74) is 2.81. The molecule has 0 amide bonds. The van der Waals surface area contributed by atoms with Gasteiger partial charge in [0, 0.05) is 58.4 Å². The zero-order valence-corrected chi connectivity index (χ0v) is 19.9. The number of hydrogen-bond acceptors (Lipinski definition) is 7. The van der Waals surface area contributed by atoms with E-state index in [1.165, 1.54) is 24.0 Å². The molecule has 9 heteroatoms. The molecule has 0 saturated carbocycles. The summed E-state index contributed by atoms with van der Waals surface area (Å²) in [6, 6.07) is 10.8. The molecule has 0 bridgehead atoms. The van der Waals surface area contributed by atoms with Crippen LogP contribution < -0.4 is 20.4 Å². The predicted molar refractivity (Wildman–Crippen MR) is 136 cm³/mol. The number of hydrogen-bond donors (Lipinski definition) is 2. The van der Waals surface area contributed by atoms with Gasteiger partial charge in [-0.2, -0.15) is 9.97 Å². The van der Waals surface area contributed by atoms with E-state index in [0.29, 0.717) is 11.1 Å². The molecule has 8 nitrogen and oxygen atoms in total. The Bertz CT molecular complexity index is 960. The van der Waals surface area contributed by atoms with Gasteiger partial charge in [0.1, 0.15) is 11.6 Å². The smallest absolute Gasteiger partial charge is 0.232 e. The summed E-state index contributed by atoms with van der Waals surface area (Å²) in [5.74, 6) is 2.51. The van der Waals surface area contributed by atoms with Gasteiger partial charge in [-0.15, -0.1) is 0 Å². The Morgan fingerprint density at radius 3 is 2.45 bits per heavy atom. The van der Waals surface area contributed by atoms with Crippen LogP contribution in [-0.2, 0) is 17.7 Å². The number of fused-ring (bicyclic) bond motifs is 1. The first-order chi connectivity index (χ1) is 16.2. The second-order valence-electron chi connectivity index (χ2n) is 8.88. The molecule has 2 aromatic rings. The molecule has 33 heavy (non-hydrogen) atoms. The van der Waals surface area contributed by atoms with Crippen molar-refractivity contribution >= 4 is 34.9 Å². The summed E-state index contributed by atoms with van der Waals surface area (Å²) >= 11 is 5.56. The van der Waals surface area contributed by atoms with E-state index in [-0.39, 0.29) is 0 Å². The summed E-state index contributed by atoms with van der Waals surface area (Å²) in [7, 11) is 0. The van der Waals surface area contributed by atoms with Crippen molar-refractivity contribution < 1.29 is 4.74 Å². The highest BCUT2D eigenvalue weighted by atomic mass is 32.1. The van der Waals surface area contributed by atoms with Gasteiger partial charge < -0.3 is 25.2 Å². The fraction of sp³-hybridized carbons (Fsp3) is 0.542. The topological polar surface area (TPSA) is 68.8 Å². The molecule has 2 fully saturated rings. The molecule has 1 aromatic carbocycles. The van der Waals surface area contributed by atoms with E-state index in [9.17, 15) is 0 Å². The highest BCUT2D eigenvalue weighted by molar-refractivity contribution is 7.80. The van der Waals surface area contributed by atoms with E-state index in [1.807, 2.05) is 0 Å². The third kappa shape index (κ3) is 5.72. The predicted octanol–water partition coefficient (Wildman–Crippen LogP) is 2.26. The van der Waals surface area contributed by atoms with E-state index in [0.717, 1.165) is 83.6 Å². The molecule has 4 heterocycles. The Kier molecular flexibility index (Phi) is 7.18. The molecule has 0 atom stereocenters. The first-order valence-corrected chi connectivity index (χ1v) is 12.5. The van der Waals surface area contributed by atoms with E-state index < -0.39 is 0 Å². The zero-order chi connectivity index (χ0) is 22.5. The fourth-order valence-electron chi connectivity index (χ4n) is 4.74. The standard InChI is InChI=1S/C24H33N7OS/c33-24(25-8-12-29-13-15-32-16-14-29)28-23-26-21(30-9-3-4-10-30)17-22(27-23)31-11-7-19-5-1-2-6-20(19)18-31/h1-2,5-6,17H,3-4,7-16,18H2,(H2,25,26,27,28,33). The summed E-state index contributed by atoms with van der Waals surface area (Å²) in [4.78, 5) is 16.8. The number of anilines is 3. The van der Waals surface area contributed by atoms with Crippen molar-refractivity contribution in [2.45, 2.75) is 25.8 Å². The lowest BCUT2D eigenvalue weighted by molar-refractivity contribution is 0.0389. The van der Waals surface area contributed by atoms with Crippen LogP contribution in [0.3, 0.4) is 0 Å². The molecule has 3 aliphatic rings. The third-order valence-corrected chi connectivity index (χ3v) is 6.87. The number of thiocarbonyl (C=S) groups is 1. The Morgan fingerprint density at radius 1 is 0.939 bits per heavy atom. The van der Waals surface area contributed by atoms with Crippen molar-refractivity contribution in [3.05, 3.63) is 41.5 Å². The van der Waals surface area contributed by atoms with Gasteiger partial charge in [-0.05, 0) is 42.6 Å². The molecule has 176 valence electrons. The largest absolute Gasteiger partial charge is 0.379 e. The first-order valence-electron chi connectivity index (χ1n) is 12.1. The number of benzene rings is 1. The lowest BCUT2D eigenvalue weighted by Crippen LogP contribution is -2.42. The Balaban J connectivity index is 1.27. The van der Waals surface area contributed by atoms with E-state index in [1.54, 1.807) is 0 Å². The van der Waals surface area contributed by atoms with Gasteiger partial charge in [-0.3, -0.25) is 4.90 Å². The molecule has 2 N–H and O–H groups in total. The second kappa shape index (κ2) is 10.6. The maximum Gasteiger partial charge on any atom is 0.232 e. The van der Waals surface area contributed by atoms with E-state index in [2.05, 4.69) is 55.7 Å². The van der Waals surface area contributed by atoms with Crippen LogP contribution in [0, 0.1) is 0 Å². The van der Waals surface area contributed by atoms with Crippen molar-refractivity contribution in [2.24, 2.45) is 0 Å². The summed E-state index contributed by atoms with van der Waals surface area (Å²) in [6.45, 7) is 9.21. The van der Waals surface area contributed by atoms with Crippen LogP contribution in [-0.4, -0.2) is 79.0 Å². The normalized spacial score (nSPS) is 18.8. The minimum absolute atomic E-state index is 0.566. The quantitative estimate of drug-likeness (QED) is 0.623. The zero-order valence-electron chi connectivity index (χ0n) is 19.1. The van der Waals surface area contributed by atoms with Gasteiger partial charge in [0.15, 0.2) is 5.11 Å². The van der Waals surface area contributed by atoms with Crippen molar-refractivity contribution in [2.75, 3.05) is 74.1 Å². The minimum atomic E-state index is 0.566. The van der Waals surface area contributed by atoms with Crippen LogP contribution >= 0.6 is 12.2 Å². The molecule has 5 rings (SSSR count). The SMILES string of the molecule is S=C(NCCN1CCOCC1)Nc1nc(N2CCCC2)cc(N2CCc3ccccc3C2)n1. The van der Waals surface area contributed by atoms with Crippen LogP contribution in [0.25, 0.3) is 0 Å². The number of nitrogens with one attached hydrogen (secondary N) is 2. The maximum absolute atomic E-state index is 5.56. The Hall–Kier alpha value is -2.49. The number of aromatic nitrogens is 2. The van der Waals surface area contributed by atoms with Crippen molar-refractivity contribution in [1.82, 2.24) is 20.2 Å². The van der Waals surface area contributed by atoms with Gasteiger partial charge in [0.2, 0.25) is 5.95 Å². The highest BCUT2D eigenvalue weighted by Gasteiger charge is 2.21. The number of ether oxygens (including phenoxy) is 1. The lowest BCUT2D eigenvalue weighted by atomic mass is 10.00. The second-order valence-corrected chi connectivity index (χ2v) is 9.29. The van der Waals surface area contributed by atoms with E-state index in [4.69, 9.17) is 26.9 Å². The Morgan fingerprint density at radius 2 is 1.67 bits per heavy atom. The average molecular weight is 468 g/mol. The number of rotatable bonds is 6. The van der Waals surface area contributed by atoms with Crippen LogP contribution in [0.2, 0.25) is 0 Å². The highest BCUT2D eigenvalue weighted by Crippen LogP contribution is 2.28. The molecular formula is C24H33N7OS. The third-order valence-electron chi connectivity index (χ3n) is 6.63. The van der Waals surface area contributed by atoms with Gasteiger partial charge in [-0.1, -0.05) is 24.3 Å². The van der Waals surface area contributed by atoms with Crippen molar-refractivity contribution in [1.29, 1.82) is 0 Å². The molecule has 2 saturated heterocycles. The van der Waals surface area contributed by atoms with Crippen molar-refractivity contribution in [3.63, 3.8) is 0 Å². The van der Waals surface area contributed by atoms with Gasteiger partial charge >= 0.3 is 0 Å². The first kappa shape index (κ1) is 22.3. The summed E-state index contributed by atoms with van der Waals surface area (Å²) < 4.78 is 5.42. The average Bonchev–Trinajstić information content (AvgIpc) is 3.39. The molecule has 0 spiro atoms.